The summed E-state index contributed by atoms with van der Waals surface area (Å²) in [6.07, 6.45) is 2.23. The van der Waals surface area contributed by atoms with Crippen LogP contribution in [0.5, 0.6) is 0 Å². The fourth-order valence-electron chi connectivity index (χ4n) is 4.34. The lowest BCUT2D eigenvalue weighted by Gasteiger charge is -2.15. The van der Waals surface area contributed by atoms with Crippen molar-refractivity contribution in [1.29, 1.82) is 5.26 Å². The van der Waals surface area contributed by atoms with Crippen LogP contribution >= 0.6 is 0 Å². The van der Waals surface area contributed by atoms with Gasteiger partial charge in [0.15, 0.2) is 5.65 Å². The minimum absolute atomic E-state index is 0.207. The van der Waals surface area contributed by atoms with Gasteiger partial charge in [-0.25, -0.2) is 4.98 Å². The number of nitrogens with one attached hydrogen (secondary N) is 2. The first-order chi connectivity index (χ1) is 16.0. The van der Waals surface area contributed by atoms with Gasteiger partial charge in [0.05, 0.1) is 28.4 Å². The van der Waals surface area contributed by atoms with Crippen LogP contribution in [0.25, 0.3) is 27.6 Å². The van der Waals surface area contributed by atoms with Crippen LogP contribution in [-0.2, 0) is 6.42 Å². The molecule has 0 saturated carbocycles. The largest absolute Gasteiger partial charge is 0.321 e. The molecule has 0 unspecified atom stereocenters. The third kappa shape index (κ3) is 3.33. The SMILES string of the molecule is CCc1c(C)c(C#N)c2nc3ccccc3n2c1N/N=C/c1cc2cc(C)ccc2[nH]c1=O. The molecule has 7 nitrogen and oxygen atoms in total. The first-order valence-electron chi connectivity index (χ1n) is 10.8. The Bertz CT molecular complexity index is 1680. The molecule has 3 aromatic heterocycles. The van der Waals surface area contributed by atoms with E-state index in [1.807, 2.05) is 73.7 Å². The van der Waals surface area contributed by atoms with Crippen LogP contribution in [0.15, 0.2) is 58.4 Å². The minimum atomic E-state index is -0.207. The number of fused-ring (bicyclic) bond motifs is 4. The molecule has 0 radical (unpaired) electrons. The number of aryl methyl sites for hydroxylation is 1. The van der Waals surface area contributed by atoms with E-state index in [2.05, 4.69) is 21.6 Å². The highest BCUT2D eigenvalue weighted by molar-refractivity contribution is 5.89. The van der Waals surface area contributed by atoms with Gasteiger partial charge in [0, 0.05) is 5.52 Å². The third-order valence-electron chi connectivity index (χ3n) is 5.99. The summed E-state index contributed by atoms with van der Waals surface area (Å²) in [7, 11) is 0. The summed E-state index contributed by atoms with van der Waals surface area (Å²) < 4.78 is 1.94. The zero-order valence-electron chi connectivity index (χ0n) is 18.6. The number of aromatic amines is 1. The van der Waals surface area contributed by atoms with Gasteiger partial charge in [-0.2, -0.15) is 10.4 Å². The Kier molecular flexibility index (Phi) is 4.91. The summed E-state index contributed by atoms with van der Waals surface area (Å²) in [6, 6.07) is 17.8. The summed E-state index contributed by atoms with van der Waals surface area (Å²) in [5.74, 6) is 0.738. The van der Waals surface area contributed by atoms with Crippen LogP contribution in [0, 0.1) is 25.2 Å². The molecule has 2 aromatic carbocycles. The number of aromatic nitrogens is 3. The van der Waals surface area contributed by atoms with E-state index in [0.29, 0.717) is 23.2 Å². The van der Waals surface area contributed by atoms with Crippen molar-refractivity contribution in [2.24, 2.45) is 5.10 Å². The molecule has 33 heavy (non-hydrogen) atoms. The number of H-pyrrole nitrogens is 1. The fraction of sp³-hybridized carbons (Fsp3) is 0.154. The first-order valence-corrected chi connectivity index (χ1v) is 10.8. The van der Waals surface area contributed by atoms with Crippen molar-refractivity contribution in [3.63, 3.8) is 0 Å². The quantitative estimate of drug-likeness (QED) is 0.313. The number of anilines is 1. The molecule has 0 amide bonds. The van der Waals surface area contributed by atoms with Gasteiger partial charge in [0.2, 0.25) is 0 Å². The maximum atomic E-state index is 12.5. The number of imidazole rings is 1. The molecular weight excluding hydrogens is 412 g/mol. The van der Waals surface area contributed by atoms with Crippen LogP contribution in [0.2, 0.25) is 0 Å². The standard InChI is InChI=1S/C26H22N6O/c1-4-19-16(3)20(13-27)24-29-22-7-5-6-8-23(22)32(24)25(19)31-28-14-18-12-17-11-15(2)9-10-21(17)30-26(18)33/h5-12,14,31H,4H2,1-3H3,(H,30,33)/b28-14+. The molecule has 0 atom stereocenters. The Balaban J connectivity index is 1.66. The number of hydrogen-bond donors (Lipinski definition) is 2. The highest BCUT2D eigenvalue weighted by Gasteiger charge is 2.19. The number of nitrogens with zero attached hydrogens (tertiary/aromatic N) is 4. The minimum Gasteiger partial charge on any atom is -0.321 e. The Labute approximate surface area is 190 Å². The number of pyridine rings is 2. The maximum absolute atomic E-state index is 12.5. The van der Waals surface area contributed by atoms with Crippen LogP contribution in [-0.4, -0.2) is 20.6 Å². The first kappa shape index (κ1) is 20.5. The molecule has 7 heteroatoms. The van der Waals surface area contributed by atoms with Crippen molar-refractivity contribution in [2.45, 2.75) is 27.2 Å². The zero-order chi connectivity index (χ0) is 23.1. The zero-order valence-corrected chi connectivity index (χ0v) is 18.6. The molecule has 2 N–H and O–H groups in total. The van der Waals surface area contributed by atoms with E-state index in [1.54, 1.807) is 0 Å². The molecule has 5 rings (SSSR count). The van der Waals surface area contributed by atoms with Crippen molar-refractivity contribution >= 4 is 39.6 Å². The number of nitriles is 1. The van der Waals surface area contributed by atoms with Crippen molar-refractivity contribution in [2.75, 3.05) is 5.43 Å². The topological polar surface area (TPSA) is 98.3 Å². The van der Waals surface area contributed by atoms with Gasteiger partial charge in [-0.1, -0.05) is 30.7 Å². The maximum Gasteiger partial charge on any atom is 0.257 e. The molecule has 0 fully saturated rings. The fourth-order valence-corrected chi connectivity index (χ4v) is 4.34. The second-order valence-corrected chi connectivity index (χ2v) is 8.07. The van der Waals surface area contributed by atoms with Crippen molar-refractivity contribution in [3.05, 3.63) is 86.7 Å². The van der Waals surface area contributed by atoms with Crippen molar-refractivity contribution in [1.82, 2.24) is 14.4 Å². The van der Waals surface area contributed by atoms with E-state index >= 15 is 0 Å². The van der Waals surface area contributed by atoms with Crippen LogP contribution in [0.1, 0.15) is 34.7 Å². The van der Waals surface area contributed by atoms with Gasteiger partial charge >= 0.3 is 0 Å². The van der Waals surface area contributed by atoms with Crippen LogP contribution < -0.4 is 11.0 Å². The lowest BCUT2D eigenvalue weighted by atomic mass is 10.0. The Morgan fingerprint density at radius 1 is 1.21 bits per heavy atom. The molecular formula is C26H22N6O. The van der Waals surface area contributed by atoms with Gasteiger partial charge in [0.25, 0.3) is 5.56 Å². The van der Waals surface area contributed by atoms with E-state index in [-0.39, 0.29) is 5.56 Å². The van der Waals surface area contributed by atoms with Crippen molar-refractivity contribution in [3.8, 4) is 6.07 Å². The normalized spacial score (nSPS) is 11.6. The number of benzene rings is 2. The van der Waals surface area contributed by atoms with Crippen molar-refractivity contribution < 1.29 is 0 Å². The highest BCUT2D eigenvalue weighted by Crippen LogP contribution is 2.31. The van der Waals surface area contributed by atoms with E-state index in [4.69, 9.17) is 4.98 Å². The molecule has 0 bridgehead atoms. The molecule has 162 valence electrons. The van der Waals surface area contributed by atoms with E-state index < -0.39 is 0 Å². The van der Waals surface area contributed by atoms with Gasteiger partial charge in [0.1, 0.15) is 11.9 Å². The summed E-state index contributed by atoms with van der Waals surface area (Å²) in [6.45, 7) is 5.99. The molecule has 0 aliphatic heterocycles. The molecule has 0 aliphatic carbocycles. The predicted molar refractivity (Wildman–Crippen MR) is 132 cm³/mol. The Morgan fingerprint density at radius 3 is 2.82 bits per heavy atom. The predicted octanol–water partition coefficient (Wildman–Crippen LogP) is 4.83. The van der Waals surface area contributed by atoms with E-state index in [0.717, 1.165) is 44.4 Å². The Hall–Kier alpha value is -4.44. The van der Waals surface area contributed by atoms with Crippen LogP contribution in [0.4, 0.5) is 5.82 Å². The molecule has 5 aromatic rings. The average molecular weight is 435 g/mol. The highest BCUT2D eigenvalue weighted by atomic mass is 16.1. The second kappa shape index (κ2) is 7.92. The smallest absolute Gasteiger partial charge is 0.257 e. The van der Waals surface area contributed by atoms with Gasteiger partial charge in [-0.15, -0.1) is 0 Å². The van der Waals surface area contributed by atoms with Gasteiger partial charge in [-0.05, 0) is 67.1 Å². The van der Waals surface area contributed by atoms with E-state index in [1.165, 1.54) is 6.21 Å². The number of hydrazone groups is 1. The lowest BCUT2D eigenvalue weighted by Crippen LogP contribution is -2.13. The summed E-state index contributed by atoms with van der Waals surface area (Å²) in [4.78, 5) is 20.1. The lowest BCUT2D eigenvalue weighted by molar-refractivity contribution is 1.04. The molecule has 0 aliphatic rings. The average Bonchev–Trinajstić information content (AvgIpc) is 3.19. The van der Waals surface area contributed by atoms with Crippen LogP contribution in [0.3, 0.4) is 0 Å². The van der Waals surface area contributed by atoms with Gasteiger partial charge < -0.3 is 4.98 Å². The molecule has 0 saturated heterocycles. The monoisotopic (exact) mass is 434 g/mol. The second-order valence-electron chi connectivity index (χ2n) is 8.07. The summed E-state index contributed by atoms with van der Waals surface area (Å²) >= 11 is 0. The number of hydrogen-bond acceptors (Lipinski definition) is 5. The summed E-state index contributed by atoms with van der Waals surface area (Å²) in [5, 5.41) is 15.2. The van der Waals surface area contributed by atoms with E-state index in [9.17, 15) is 10.1 Å². The number of rotatable bonds is 4. The number of para-hydroxylation sites is 2. The summed E-state index contributed by atoms with van der Waals surface area (Å²) in [5.41, 5.74) is 9.97. The molecule has 0 spiro atoms. The Morgan fingerprint density at radius 2 is 2.03 bits per heavy atom. The molecule has 3 heterocycles. The van der Waals surface area contributed by atoms with Gasteiger partial charge in [-0.3, -0.25) is 14.6 Å². The third-order valence-corrected chi connectivity index (χ3v) is 5.99.